The number of hydrogen-bond acceptors (Lipinski definition) is 3. The van der Waals surface area contributed by atoms with Crippen LogP contribution in [0, 0.1) is 0 Å². The largest absolute Gasteiger partial charge is 0.457 e. The van der Waals surface area contributed by atoms with E-state index in [1.54, 1.807) is 18.2 Å². The normalized spacial score (nSPS) is 10.2. The number of esters is 1. The summed E-state index contributed by atoms with van der Waals surface area (Å²) in [6, 6.07) is 23.5. The van der Waals surface area contributed by atoms with Gasteiger partial charge >= 0.3 is 5.97 Å². The minimum absolute atomic E-state index is 0.161. The van der Waals surface area contributed by atoms with Crippen LogP contribution in [0.15, 0.2) is 78.9 Å². The lowest BCUT2D eigenvalue weighted by molar-refractivity contribution is 0.0473. The Morgan fingerprint density at radius 2 is 1.36 bits per heavy atom. The molecule has 1 amide bonds. The number of ether oxygens (including phenoxy) is 1. The van der Waals surface area contributed by atoms with Crippen LogP contribution >= 0.6 is 0 Å². The second-order valence-electron chi connectivity index (χ2n) is 5.52. The molecule has 3 aromatic carbocycles. The number of hydrogen-bond donors (Lipinski definition) is 1. The fourth-order valence-electron chi connectivity index (χ4n) is 2.64. The van der Waals surface area contributed by atoms with Crippen LogP contribution in [0.25, 0.3) is 11.1 Å². The van der Waals surface area contributed by atoms with E-state index in [0.29, 0.717) is 16.7 Å². The summed E-state index contributed by atoms with van der Waals surface area (Å²) in [5, 5.41) is 0. The molecule has 0 bridgehead atoms. The van der Waals surface area contributed by atoms with Crippen molar-refractivity contribution in [3.05, 3.63) is 95.6 Å². The first-order valence-corrected chi connectivity index (χ1v) is 7.86. The van der Waals surface area contributed by atoms with E-state index in [4.69, 9.17) is 10.5 Å². The lowest BCUT2D eigenvalue weighted by Gasteiger charge is -2.13. The minimum Gasteiger partial charge on any atom is -0.457 e. The summed E-state index contributed by atoms with van der Waals surface area (Å²) in [5.41, 5.74) is 8.23. The molecule has 0 unspecified atom stereocenters. The van der Waals surface area contributed by atoms with E-state index >= 15 is 0 Å². The Hall–Kier alpha value is -3.40. The molecule has 0 aliphatic carbocycles. The summed E-state index contributed by atoms with van der Waals surface area (Å²) in [4.78, 5) is 24.4. The molecule has 4 heteroatoms. The Labute approximate surface area is 145 Å². The van der Waals surface area contributed by atoms with Crippen LogP contribution in [0.3, 0.4) is 0 Å². The van der Waals surface area contributed by atoms with Crippen LogP contribution in [0.2, 0.25) is 0 Å². The highest BCUT2D eigenvalue weighted by Crippen LogP contribution is 2.28. The first kappa shape index (κ1) is 16.5. The molecule has 2 N–H and O–H groups in total. The monoisotopic (exact) mass is 331 g/mol. The van der Waals surface area contributed by atoms with E-state index < -0.39 is 11.9 Å². The Balaban J connectivity index is 1.96. The number of carbonyl (C=O) groups excluding carboxylic acids is 2. The van der Waals surface area contributed by atoms with Crippen LogP contribution in [0.1, 0.15) is 26.3 Å². The highest BCUT2D eigenvalue weighted by molar-refractivity contribution is 6.07. The maximum Gasteiger partial charge on any atom is 0.339 e. The molecule has 0 saturated heterocycles. The molecule has 0 atom stereocenters. The zero-order chi connectivity index (χ0) is 17.6. The number of carbonyl (C=O) groups is 2. The highest BCUT2D eigenvalue weighted by atomic mass is 16.5. The van der Waals surface area contributed by atoms with Gasteiger partial charge in [0.05, 0.1) is 5.56 Å². The van der Waals surface area contributed by atoms with Gasteiger partial charge in [0.1, 0.15) is 6.61 Å². The van der Waals surface area contributed by atoms with Gasteiger partial charge in [-0.05, 0) is 23.3 Å². The van der Waals surface area contributed by atoms with Crippen molar-refractivity contribution in [3.63, 3.8) is 0 Å². The third kappa shape index (κ3) is 3.75. The lowest BCUT2D eigenvalue weighted by Crippen LogP contribution is -2.15. The molecule has 3 rings (SSSR count). The summed E-state index contributed by atoms with van der Waals surface area (Å²) >= 11 is 0. The van der Waals surface area contributed by atoms with Crippen molar-refractivity contribution in [3.8, 4) is 11.1 Å². The van der Waals surface area contributed by atoms with E-state index in [1.165, 1.54) is 0 Å². The van der Waals surface area contributed by atoms with Gasteiger partial charge < -0.3 is 10.5 Å². The third-order valence-electron chi connectivity index (χ3n) is 3.83. The van der Waals surface area contributed by atoms with E-state index in [1.807, 2.05) is 60.7 Å². The van der Waals surface area contributed by atoms with Crippen molar-refractivity contribution >= 4 is 11.9 Å². The molecule has 0 aliphatic rings. The van der Waals surface area contributed by atoms with Crippen LogP contribution in [0.5, 0.6) is 0 Å². The summed E-state index contributed by atoms with van der Waals surface area (Å²) < 4.78 is 5.42. The SMILES string of the molecule is NC(=O)c1cccc(C(=O)OCc2ccccc2)c1-c1ccccc1. The van der Waals surface area contributed by atoms with Crippen LogP contribution in [0.4, 0.5) is 0 Å². The van der Waals surface area contributed by atoms with Gasteiger partial charge in [-0.2, -0.15) is 0 Å². The van der Waals surface area contributed by atoms with Gasteiger partial charge in [-0.15, -0.1) is 0 Å². The van der Waals surface area contributed by atoms with E-state index in [2.05, 4.69) is 0 Å². The minimum atomic E-state index is -0.587. The molecule has 0 aromatic heterocycles. The molecule has 0 spiro atoms. The molecule has 3 aromatic rings. The Morgan fingerprint density at radius 3 is 2.00 bits per heavy atom. The van der Waals surface area contributed by atoms with Crippen molar-refractivity contribution < 1.29 is 14.3 Å². The molecule has 124 valence electrons. The lowest BCUT2D eigenvalue weighted by atomic mass is 9.94. The first-order chi connectivity index (χ1) is 12.2. The second kappa shape index (κ2) is 7.45. The molecule has 0 aliphatic heterocycles. The van der Waals surface area contributed by atoms with Gasteiger partial charge in [-0.3, -0.25) is 4.79 Å². The fourth-order valence-corrected chi connectivity index (χ4v) is 2.64. The van der Waals surface area contributed by atoms with Crippen molar-refractivity contribution in [1.82, 2.24) is 0 Å². The van der Waals surface area contributed by atoms with Crippen molar-refractivity contribution in [2.75, 3.05) is 0 Å². The summed E-state index contributed by atoms with van der Waals surface area (Å²) in [7, 11) is 0. The van der Waals surface area contributed by atoms with Gasteiger partial charge in [0, 0.05) is 11.1 Å². The number of rotatable bonds is 5. The maximum absolute atomic E-state index is 12.6. The average Bonchev–Trinajstić information content (AvgIpc) is 2.67. The molecular weight excluding hydrogens is 314 g/mol. The van der Waals surface area contributed by atoms with Crippen LogP contribution in [-0.4, -0.2) is 11.9 Å². The van der Waals surface area contributed by atoms with Gasteiger partial charge in [0.2, 0.25) is 5.91 Å². The standard InChI is InChI=1S/C21H17NO3/c22-20(23)17-12-7-13-18(19(17)16-10-5-2-6-11-16)21(24)25-14-15-8-3-1-4-9-15/h1-13H,14H2,(H2,22,23). The Kier molecular flexibility index (Phi) is 4.90. The second-order valence-corrected chi connectivity index (χ2v) is 5.52. The smallest absolute Gasteiger partial charge is 0.339 e. The third-order valence-corrected chi connectivity index (χ3v) is 3.83. The molecule has 4 nitrogen and oxygen atoms in total. The average molecular weight is 331 g/mol. The fraction of sp³-hybridized carbons (Fsp3) is 0.0476. The Morgan fingerprint density at radius 1 is 0.760 bits per heavy atom. The quantitative estimate of drug-likeness (QED) is 0.723. The van der Waals surface area contributed by atoms with Crippen molar-refractivity contribution in [2.45, 2.75) is 6.61 Å². The molecule has 0 saturated carbocycles. The molecule has 0 radical (unpaired) electrons. The highest BCUT2D eigenvalue weighted by Gasteiger charge is 2.20. The summed E-state index contributed by atoms with van der Waals surface area (Å²) in [6.45, 7) is 0.161. The Bertz CT molecular complexity index is 890. The van der Waals surface area contributed by atoms with Gasteiger partial charge in [0.15, 0.2) is 0 Å². The number of primary amides is 1. The van der Waals surface area contributed by atoms with Gasteiger partial charge in [-0.25, -0.2) is 4.79 Å². The van der Waals surface area contributed by atoms with Crippen molar-refractivity contribution in [2.24, 2.45) is 5.73 Å². The van der Waals surface area contributed by atoms with Crippen LogP contribution < -0.4 is 5.73 Å². The van der Waals surface area contributed by atoms with E-state index in [-0.39, 0.29) is 6.61 Å². The predicted octanol–water partition coefficient (Wildman–Crippen LogP) is 3.81. The van der Waals surface area contributed by atoms with Gasteiger partial charge in [0.25, 0.3) is 0 Å². The molecule has 25 heavy (non-hydrogen) atoms. The topological polar surface area (TPSA) is 69.4 Å². The van der Waals surface area contributed by atoms with Gasteiger partial charge in [-0.1, -0.05) is 66.7 Å². The van der Waals surface area contributed by atoms with E-state index in [0.717, 1.165) is 11.1 Å². The number of amides is 1. The zero-order valence-electron chi connectivity index (χ0n) is 13.5. The first-order valence-electron chi connectivity index (χ1n) is 7.86. The van der Waals surface area contributed by atoms with Crippen molar-refractivity contribution in [1.29, 1.82) is 0 Å². The molecule has 0 heterocycles. The predicted molar refractivity (Wildman–Crippen MR) is 96.0 cm³/mol. The molecular formula is C21H17NO3. The van der Waals surface area contributed by atoms with Crippen LogP contribution in [-0.2, 0) is 11.3 Å². The number of benzene rings is 3. The zero-order valence-corrected chi connectivity index (χ0v) is 13.5. The summed E-state index contributed by atoms with van der Waals surface area (Å²) in [6.07, 6.45) is 0. The summed E-state index contributed by atoms with van der Waals surface area (Å²) in [5.74, 6) is -1.08. The maximum atomic E-state index is 12.6. The number of nitrogens with two attached hydrogens (primary N) is 1. The van der Waals surface area contributed by atoms with E-state index in [9.17, 15) is 9.59 Å². The molecule has 0 fully saturated rings.